The van der Waals surface area contributed by atoms with E-state index in [4.69, 9.17) is 9.47 Å². The molecule has 0 bridgehead atoms. The fourth-order valence-electron chi connectivity index (χ4n) is 2.41. The quantitative estimate of drug-likeness (QED) is 0.673. The zero-order valence-corrected chi connectivity index (χ0v) is 15.3. The molecule has 0 saturated carbocycles. The van der Waals surface area contributed by atoms with Gasteiger partial charge in [-0.25, -0.2) is 13.2 Å². The first-order chi connectivity index (χ1) is 13.3. The van der Waals surface area contributed by atoms with Crippen LogP contribution in [0, 0.1) is 17.5 Å². The van der Waals surface area contributed by atoms with Crippen molar-refractivity contribution in [2.75, 3.05) is 26.1 Å². The minimum atomic E-state index is -1.69. The van der Waals surface area contributed by atoms with Gasteiger partial charge in [-0.05, 0) is 42.3 Å². The Morgan fingerprint density at radius 3 is 2.39 bits per heavy atom. The van der Waals surface area contributed by atoms with Crippen molar-refractivity contribution in [2.24, 2.45) is 0 Å². The van der Waals surface area contributed by atoms with Crippen molar-refractivity contribution in [1.82, 2.24) is 5.32 Å². The second kappa shape index (κ2) is 9.63. The Labute approximate surface area is 159 Å². The molecule has 2 N–H and O–H groups in total. The van der Waals surface area contributed by atoms with Gasteiger partial charge in [0.25, 0.3) is 0 Å². The zero-order valence-electron chi connectivity index (χ0n) is 15.3. The van der Waals surface area contributed by atoms with Crippen LogP contribution in [0.2, 0.25) is 0 Å². The molecule has 0 fully saturated rings. The van der Waals surface area contributed by atoms with E-state index >= 15 is 0 Å². The molecule has 0 saturated heterocycles. The number of rotatable bonds is 8. The summed E-state index contributed by atoms with van der Waals surface area (Å²) in [4.78, 5) is 23.7. The number of carbonyl (C=O) groups excluding carboxylic acids is 2. The maximum atomic E-state index is 13.5. The average molecular weight is 396 g/mol. The van der Waals surface area contributed by atoms with Gasteiger partial charge in [0.05, 0.1) is 26.5 Å². The number of aryl methyl sites for hydroxylation is 1. The highest BCUT2D eigenvalue weighted by atomic mass is 19.2. The molecule has 2 amide bonds. The zero-order chi connectivity index (χ0) is 20.7. The molecule has 150 valence electrons. The number of hydrogen-bond acceptors (Lipinski definition) is 4. The van der Waals surface area contributed by atoms with Crippen LogP contribution < -0.4 is 20.1 Å². The number of carbonyl (C=O) groups is 2. The summed E-state index contributed by atoms with van der Waals surface area (Å²) >= 11 is 0. The van der Waals surface area contributed by atoms with E-state index in [0.717, 1.165) is 11.6 Å². The predicted molar refractivity (Wildman–Crippen MR) is 95.8 cm³/mol. The molecule has 0 aromatic heterocycles. The molecule has 2 aromatic rings. The van der Waals surface area contributed by atoms with Crippen molar-refractivity contribution < 1.29 is 32.2 Å². The Kier molecular flexibility index (Phi) is 7.25. The van der Waals surface area contributed by atoms with Crippen LogP contribution in [0.5, 0.6) is 11.5 Å². The molecule has 2 rings (SSSR count). The number of amides is 2. The van der Waals surface area contributed by atoms with Gasteiger partial charge in [-0.2, -0.15) is 0 Å². The van der Waals surface area contributed by atoms with E-state index in [1.54, 1.807) is 18.2 Å². The molecule has 0 spiro atoms. The third-order valence-electron chi connectivity index (χ3n) is 3.86. The summed E-state index contributed by atoms with van der Waals surface area (Å²) in [6, 6.07) is 6.77. The fourth-order valence-corrected chi connectivity index (χ4v) is 2.41. The molecule has 28 heavy (non-hydrogen) atoms. The lowest BCUT2D eigenvalue weighted by molar-refractivity contribution is -0.124. The van der Waals surface area contributed by atoms with Gasteiger partial charge in [0.1, 0.15) is 11.5 Å². The summed E-state index contributed by atoms with van der Waals surface area (Å²) in [7, 11) is 3.03. The van der Waals surface area contributed by atoms with Crippen LogP contribution in [-0.2, 0) is 16.0 Å². The largest absolute Gasteiger partial charge is 0.497 e. The van der Waals surface area contributed by atoms with Gasteiger partial charge in [-0.15, -0.1) is 0 Å². The molecule has 0 radical (unpaired) electrons. The van der Waals surface area contributed by atoms with Gasteiger partial charge >= 0.3 is 0 Å². The van der Waals surface area contributed by atoms with Crippen molar-refractivity contribution in [3.63, 3.8) is 0 Å². The summed E-state index contributed by atoms with van der Waals surface area (Å²) in [5, 5.41) is 4.44. The first-order valence-electron chi connectivity index (χ1n) is 8.26. The first kappa shape index (κ1) is 21.1. The second-order valence-corrected chi connectivity index (χ2v) is 5.73. The molecule has 0 heterocycles. The van der Waals surface area contributed by atoms with Crippen LogP contribution in [0.15, 0.2) is 30.3 Å². The lowest BCUT2D eigenvalue weighted by Gasteiger charge is -2.11. The van der Waals surface area contributed by atoms with E-state index in [1.807, 2.05) is 0 Å². The molecule has 0 aliphatic rings. The van der Waals surface area contributed by atoms with Gasteiger partial charge in [0.15, 0.2) is 17.5 Å². The maximum absolute atomic E-state index is 13.5. The van der Waals surface area contributed by atoms with E-state index in [2.05, 4.69) is 10.6 Å². The third-order valence-corrected chi connectivity index (χ3v) is 3.86. The Morgan fingerprint density at radius 2 is 1.71 bits per heavy atom. The molecule has 0 aliphatic carbocycles. The van der Waals surface area contributed by atoms with Crippen molar-refractivity contribution in [2.45, 2.75) is 12.8 Å². The molecule has 0 atom stereocenters. The molecule has 6 nitrogen and oxygen atoms in total. The smallest absolute Gasteiger partial charge is 0.243 e. The minimum Gasteiger partial charge on any atom is -0.497 e. The van der Waals surface area contributed by atoms with Crippen molar-refractivity contribution in [3.05, 3.63) is 53.3 Å². The summed E-state index contributed by atoms with van der Waals surface area (Å²) in [6.45, 7) is -0.452. The summed E-state index contributed by atoms with van der Waals surface area (Å²) in [5.74, 6) is -4.55. The fraction of sp³-hybridized carbons (Fsp3) is 0.263. The van der Waals surface area contributed by atoms with E-state index < -0.39 is 41.5 Å². The minimum absolute atomic E-state index is 0.0658. The van der Waals surface area contributed by atoms with Crippen LogP contribution in [0.25, 0.3) is 0 Å². The maximum Gasteiger partial charge on any atom is 0.243 e. The predicted octanol–water partition coefficient (Wildman–Crippen LogP) is 2.81. The SMILES string of the molecule is COc1ccc(OC)c(CCC(=O)NCC(=O)Nc2ccc(F)c(F)c2F)c1. The van der Waals surface area contributed by atoms with Crippen LogP contribution >= 0.6 is 0 Å². The van der Waals surface area contributed by atoms with Crippen LogP contribution in [0.3, 0.4) is 0 Å². The van der Waals surface area contributed by atoms with Gasteiger partial charge in [0.2, 0.25) is 11.8 Å². The topological polar surface area (TPSA) is 76.7 Å². The van der Waals surface area contributed by atoms with Crippen molar-refractivity contribution in [3.8, 4) is 11.5 Å². The molecule has 2 aromatic carbocycles. The molecular formula is C19H19F3N2O4. The summed E-state index contributed by atoms with van der Waals surface area (Å²) in [5.41, 5.74) is 0.240. The lowest BCUT2D eigenvalue weighted by Crippen LogP contribution is -2.33. The normalized spacial score (nSPS) is 10.3. The number of methoxy groups -OCH3 is 2. The van der Waals surface area contributed by atoms with Gasteiger partial charge in [-0.3, -0.25) is 9.59 Å². The Bertz CT molecular complexity index is 874. The molecule has 9 heteroatoms. The van der Waals surface area contributed by atoms with Crippen LogP contribution in [0.1, 0.15) is 12.0 Å². The van der Waals surface area contributed by atoms with Crippen molar-refractivity contribution in [1.29, 1.82) is 0 Å². The number of anilines is 1. The number of ether oxygens (including phenoxy) is 2. The van der Waals surface area contributed by atoms with Crippen LogP contribution in [-0.4, -0.2) is 32.6 Å². The number of hydrogen-bond donors (Lipinski definition) is 2. The number of halogens is 3. The number of nitrogens with one attached hydrogen (secondary N) is 2. The van der Waals surface area contributed by atoms with Gasteiger partial charge in [0, 0.05) is 6.42 Å². The summed E-state index contributed by atoms with van der Waals surface area (Å²) < 4.78 is 49.9. The standard InChI is InChI=1S/C19H19F3N2O4/c1-27-12-4-7-15(28-2)11(9-12)3-8-16(25)23-10-17(26)24-14-6-5-13(20)18(21)19(14)22/h4-7,9H,3,8,10H2,1-2H3,(H,23,25)(H,24,26). The van der Waals surface area contributed by atoms with E-state index in [-0.39, 0.29) is 6.42 Å². The molecular weight excluding hydrogens is 377 g/mol. The number of benzene rings is 2. The van der Waals surface area contributed by atoms with Gasteiger partial charge in [-0.1, -0.05) is 0 Å². The second-order valence-electron chi connectivity index (χ2n) is 5.73. The monoisotopic (exact) mass is 396 g/mol. The lowest BCUT2D eigenvalue weighted by atomic mass is 10.1. The highest BCUT2D eigenvalue weighted by Gasteiger charge is 2.16. The Hall–Kier alpha value is -3.23. The first-order valence-corrected chi connectivity index (χ1v) is 8.26. The molecule has 0 unspecified atom stereocenters. The molecule has 0 aliphatic heterocycles. The highest BCUT2D eigenvalue weighted by molar-refractivity contribution is 5.94. The Balaban J connectivity index is 1.86. The van der Waals surface area contributed by atoms with Gasteiger partial charge < -0.3 is 20.1 Å². The van der Waals surface area contributed by atoms with E-state index in [9.17, 15) is 22.8 Å². The summed E-state index contributed by atoms with van der Waals surface area (Å²) in [6.07, 6.45) is 0.405. The van der Waals surface area contributed by atoms with Crippen LogP contribution in [0.4, 0.5) is 18.9 Å². The van der Waals surface area contributed by atoms with Crippen molar-refractivity contribution >= 4 is 17.5 Å². The highest BCUT2D eigenvalue weighted by Crippen LogP contribution is 2.25. The Morgan fingerprint density at radius 1 is 0.964 bits per heavy atom. The van der Waals surface area contributed by atoms with E-state index in [0.29, 0.717) is 24.0 Å². The average Bonchev–Trinajstić information content (AvgIpc) is 2.70. The third kappa shape index (κ3) is 5.38. The van der Waals surface area contributed by atoms with E-state index in [1.165, 1.54) is 14.2 Å².